The lowest BCUT2D eigenvalue weighted by Crippen LogP contribution is -2.43. The molecule has 1 aliphatic heterocycles. The maximum absolute atomic E-state index is 12.9. The number of amides is 1. The lowest BCUT2D eigenvalue weighted by atomic mass is 10.1. The normalized spacial score (nSPS) is 16.1. The summed E-state index contributed by atoms with van der Waals surface area (Å²) in [7, 11) is 2.70. The zero-order chi connectivity index (χ0) is 17.4. The van der Waals surface area contributed by atoms with Gasteiger partial charge in [-0.3, -0.25) is 14.4 Å². The van der Waals surface area contributed by atoms with Crippen LogP contribution in [0.5, 0.6) is 5.88 Å². The fourth-order valence-electron chi connectivity index (χ4n) is 2.63. The molecule has 0 radical (unpaired) electrons. The molecular formula is C15H17ClN4O4S. The Labute approximate surface area is 156 Å². The predicted molar refractivity (Wildman–Crippen MR) is 96.1 cm³/mol. The molecule has 3 heterocycles. The number of ether oxygens (including phenoxy) is 2. The molecule has 10 heteroatoms. The molecule has 1 atom stereocenters. The summed E-state index contributed by atoms with van der Waals surface area (Å²) in [4.78, 5) is 30.5. The van der Waals surface area contributed by atoms with Gasteiger partial charge in [-0.25, -0.2) is 4.79 Å². The van der Waals surface area contributed by atoms with Gasteiger partial charge in [0.25, 0.3) is 5.91 Å². The van der Waals surface area contributed by atoms with E-state index in [2.05, 4.69) is 10.1 Å². The Hall–Kier alpha value is -2.26. The van der Waals surface area contributed by atoms with Crippen LogP contribution in [0.2, 0.25) is 5.02 Å². The summed E-state index contributed by atoms with van der Waals surface area (Å²) < 4.78 is 11.3. The second-order valence-corrected chi connectivity index (χ2v) is 5.68. The van der Waals surface area contributed by atoms with Crippen LogP contribution in [0, 0.1) is 0 Å². The first-order valence-corrected chi connectivity index (χ1v) is 7.54. The van der Waals surface area contributed by atoms with Gasteiger partial charge in [0.1, 0.15) is 22.1 Å². The molecule has 1 amide bonds. The standard InChI is InChI=1S/C15H15ClN4O4.H2S/c1-8-7-19(11-5-4-10(16)13(18-11)23-2)14(21)12-9(15(22)24-3)6-17-20(8)12;/h4-6,8H,7H2,1-3H3;1H2/t8-;/m0./s1. The van der Waals surface area contributed by atoms with Crippen molar-refractivity contribution in [3.05, 3.63) is 34.6 Å². The van der Waals surface area contributed by atoms with E-state index >= 15 is 0 Å². The number of carbonyl (C=O) groups excluding carboxylic acids is 2. The van der Waals surface area contributed by atoms with E-state index in [-0.39, 0.29) is 42.6 Å². The molecule has 0 fully saturated rings. The zero-order valence-corrected chi connectivity index (χ0v) is 15.6. The Morgan fingerprint density at radius 2 is 2.08 bits per heavy atom. The zero-order valence-electron chi connectivity index (χ0n) is 13.8. The molecule has 2 aromatic rings. The van der Waals surface area contributed by atoms with Crippen molar-refractivity contribution in [3.63, 3.8) is 0 Å². The molecule has 0 N–H and O–H groups in total. The molecule has 0 aromatic carbocycles. The van der Waals surface area contributed by atoms with Crippen molar-refractivity contribution in [2.24, 2.45) is 0 Å². The van der Waals surface area contributed by atoms with Crippen LogP contribution in [0.1, 0.15) is 33.8 Å². The van der Waals surface area contributed by atoms with Crippen LogP contribution in [0.4, 0.5) is 5.82 Å². The highest BCUT2D eigenvalue weighted by molar-refractivity contribution is 7.59. The van der Waals surface area contributed by atoms with E-state index in [4.69, 9.17) is 21.1 Å². The molecular weight excluding hydrogens is 368 g/mol. The van der Waals surface area contributed by atoms with Gasteiger partial charge in [0.2, 0.25) is 5.88 Å². The first-order chi connectivity index (χ1) is 11.5. The quantitative estimate of drug-likeness (QED) is 0.753. The molecule has 0 spiro atoms. The van der Waals surface area contributed by atoms with E-state index in [1.54, 1.807) is 12.1 Å². The van der Waals surface area contributed by atoms with Crippen LogP contribution in [0.3, 0.4) is 0 Å². The van der Waals surface area contributed by atoms with E-state index in [0.717, 1.165) is 0 Å². The van der Waals surface area contributed by atoms with Gasteiger partial charge in [-0.1, -0.05) is 11.6 Å². The molecule has 0 bridgehead atoms. The summed E-state index contributed by atoms with van der Waals surface area (Å²) in [6.45, 7) is 2.25. The van der Waals surface area contributed by atoms with E-state index in [9.17, 15) is 9.59 Å². The van der Waals surface area contributed by atoms with Crippen molar-refractivity contribution in [1.29, 1.82) is 0 Å². The van der Waals surface area contributed by atoms with Gasteiger partial charge >= 0.3 is 5.97 Å². The van der Waals surface area contributed by atoms with Crippen molar-refractivity contribution >= 4 is 42.8 Å². The molecule has 2 aromatic heterocycles. The lowest BCUT2D eigenvalue weighted by Gasteiger charge is -2.31. The fourth-order valence-corrected chi connectivity index (χ4v) is 2.81. The summed E-state index contributed by atoms with van der Waals surface area (Å²) >= 11 is 5.98. The summed E-state index contributed by atoms with van der Waals surface area (Å²) in [6.07, 6.45) is 1.34. The fraction of sp³-hybridized carbons (Fsp3) is 0.333. The lowest BCUT2D eigenvalue weighted by molar-refractivity contribution is 0.0595. The summed E-state index contributed by atoms with van der Waals surface area (Å²) in [6, 6.07) is 3.09. The van der Waals surface area contributed by atoms with E-state index in [1.165, 1.54) is 30.0 Å². The van der Waals surface area contributed by atoms with Gasteiger partial charge in [-0.2, -0.15) is 23.6 Å². The number of pyridine rings is 1. The second-order valence-electron chi connectivity index (χ2n) is 5.27. The monoisotopic (exact) mass is 384 g/mol. The van der Waals surface area contributed by atoms with E-state index < -0.39 is 5.97 Å². The van der Waals surface area contributed by atoms with Gasteiger partial charge in [-0.05, 0) is 19.1 Å². The molecule has 0 unspecified atom stereocenters. The van der Waals surface area contributed by atoms with Gasteiger partial charge in [0.15, 0.2) is 0 Å². The Balaban J connectivity index is 0.00000225. The van der Waals surface area contributed by atoms with Crippen LogP contribution >= 0.6 is 25.1 Å². The first kappa shape index (κ1) is 19.1. The number of carbonyl (C=O) groups is 2. The highest BCUT2D eigenvalue weighted by Crippen LogP contribution is 2.30. The molecule has 134 valence electrons. The van der Waals surface area contributed by atoms with Crippen molar-refractivity contribution in [2.45, 2.75) is 13.0 Å². The third-order valence-corrected chi connectivity index (χ3v) is 4.07. The van der Waals surface area contributed by atoms with Crippen LogP contribution in [-0.4, -0.2) is 47.4 Å². The average molecular weight is 385 g/mol. The Morgan fingerprint density at radius 3 is 2.72 bits per heavy atom. The van der Waals surface area contributed by atoms with Crippen LogP contribution in [0.25, 0.3) is 0 Å². The number of anilines is 1. The Kier molecular flexibility index (Phi) is 5.58. The minimum absolute atomic E-state index is 0. The Bertz CT molecular complexity index is 826. The SMILES string of the molecule is COC(=O)c1cnn2c1C(=O)N(c1ccc(Cl)c(OC)n1)C[C@@H]2C.S. The van der Waals surface area contributed by atoms with Crippen LogP contribution < -0.4 is 9.64 Å². The number of esters is 1. The van der Waals surface area contributed by atoms with Gasteiger partial charge in [0.05, 0.1) is 26.5 Å². The molecule has 3 rings (SSSR count). The number of fused-ring (bicyclic) bond motifs is 1. The topological polar surface area (TPSA) is 86.5 Å². The molecule has 0 saturated heterocycles. The third-order valence-electron chi connectivity index (χ3n) is 3.78. The molecule has 8 nitrogen and oxygen atoms in total. The molecule has 0 saturated carbocycles. The number of halogens is 1. The number of nitrogens with zero attached hydrogens (tertiary/aromatic N) is 4. The van der Waals surface area contributed by atoms with Crippen molar-refractivity contribution in [3.8, 4) is 5.88 Å². The van der Waals surface area contributed by atoms with Crippen molar-refractivity contribution < 1.29 is 19.1 Å². The largest absolute Gasteiger partial charge is 0.480 e. The number of methoxy groups -OCH3 is 2. The van der Waals surface area contributed by atoms with Crippen molar-refractivity contribution in [2.75, 3.05) is 25.7 Å². The van der Waals surface area contributed by atoms with E-state index in [1.807, 2.05) is 6.92 Å². The third kappa shape index (κ3) is 3.16. The summed E-state index contributed by atoms with van der Waals surface area (Å²) in [5, 5.41) is 4.48. The maximum Gasteiger partial charge on any atom is 0.341 e. The average Bonchev–Trinajstić information content (AvgIpc) is 3.04. The highest BCUT2D eigenvalue weighted by Gasteiger charge is 2.36. The van der Waals surface area contributed by atoms with Gasteiger partial charge in [-0.15, -0.1) is 0 Å². The Morgan fingerprint density at radius 1 is 1.36 bits per heavy atom. The molecule has 25 heavy (non-hydrogen) atoms. The molecule has 1 aliphatic rings. The first-order valence-electron chi connectivity index (χ1n) is 7.16. The highest BCUT2D eigenvalue weighted by atomic mass is 35.5. The maximum atomic E-state index is 12.9. The number of rotatable bonds is 3. The molecule has 0 aliphatic carbocycles. The van der Waals surface area contributed by atoms with Crippen LogP contribution in [-0.2, 0) is 4.74 Å². The van der Waals surface area contributed by atoms with Gasteiger partial charge < -0.3 is 9.47 Å². The number of hydrogen-bond acceptors (Lipinski definition) is 6. The number of hydrogen-bond donors (Lipinski definition) is 0. The minimum Gasteiger partial charge on any atom is -0.480 e. The minimum atomic E-state index is -0.611. The summed E-state index contributed by atoms with van der Waals surface area (Å²) in [5.74, 6) is -0.388. The van der Waals surface area contributed by atoms with E-state index in [0.29, 0.717) is 17.4 Å². The second kappa shape index (κ2) is 7.32. The number of aromatic nitrogens is 3. The van der Waals surface area contributed by atoms with Gasteiger partial charge in [0, 0.05) is 6.54 Å². The summed E-state index contributed by atoms with van der Waals surface area (Å²) in [5.41, 5.74) is 0.302. The van der Waals surface area contributed by atoms with Crippen LogP contribution in [0.15, 0.2) is 18.3 Å². The van der Waals surface area contributed by atoms with Crippen molar-refractivity contribution in [1.82, 2.24) is 14.8 Å². The predicted octanol–water partition coefficient (Wildman–Crippen LogP) is 2.06. The smallest absolute Gasteiger partial charge is 0.341 e.